The van der Waals surface area contributed by atoms with Gasteiger partial charge in [-0.3, -0.25) is 4.79 Å². The third-order valence-corrected chi connectivity index (χ3v) is 2.91. The van der Waals surface area contributed by atoms with Gasteiger partial charge < -0.3 is 19.9 Å². The minimum Gasteiger partial charge on any atom is -0.497 e. The van der Waals surface area contributed by atoms with Crippen molar-refractivity contribution in [2.75, 3.05) is 13.7 Å². The summed E-state index contributed by atoms with van der Waals surface area (Å²) in [6.45, 7) is 0.656. The average Bonchev–Trinajstić information content (AvgIpc) is 2.83. The van der Waals surface area contributed by atoms with Gasteiger partial charge in [-0.15, -0.1) is 0 Å². The standard InChI is InChI=1S/C13H17NO4/c1-17-11-4-2-3-9(5-11)8-18-13(16)12-6-10(15)7-14-12/h2-5,10,12,14-15H,6-8H2,1H3/t10?,12-/m0/s1. The third-order valence-electron chi connectivity index (χ3n) is 2.91. The molecule has 0 radical (unpaired) electrons. The highest BCUT2D eigenvalue weighted by Gasteiger charge is 2.29. The molecule has 1 aromatic carbocycles. The van der Waals surface area contributed by atoms with Gasteiger partial charge in [-0.2, -0.15) is 0 Å². The summed E-state index contributed by atoms with van der Waals surface area (Å²) in [5.41, 5.74) is 0.876. The lowest BCUT2D eigenvalue weighted by atomic mass is 10.2. The van der Waals surface area contributed by atoms with Gasteiger partial charge in [0, 0.05) is 13.0 Å². The van der Waals surface area contributed by atoms with E-state index in [1.165, 1.54) is 0 Å². The van der Waals surface area contributed by atoms with E-state index in [4.69, 9.17) is 9.47 Å². The van der Waals surface area contributed by atoms with Crippen LogP contribution in [0.1, 0.15) is 12.0 Å². The van der Waals surface area contributed by atoms with Crippen LogP contribution >= 0.6 is 0 Å². The molecule has 5 heteroatoms. The topological polar surface area (TPSA) is 67.8 Å². The van der Waals surface area contributed by atoms with Gasteiger partial charge in [0.1, 0.15) is 18.4 Å². The van der Waals surface area contributed by atoms with Gasteiger partial charge >= 0.3 is 5.97 Å². The molecule has 98 valence electrons. The second kappa shape index (κ2) is 5.84. The summed E-state index contributed by atoms with van der Waals surface area (Å²) in [7, 11) is 1.59. The van der Waals surface area contributed by atoms with E-state index in [0.717, 1.165) is 11.3 Å². The van der Waals surface area contributed by atoms with Crippen LogP contribution < -0.4 is 10.1 Å². The van der Waals surface area contributed by atoms with Gasteiger partial charge in [0.15, 0.2) is 0 Å². The minimum absolute atomic E-state index is 0.213. The van der Waals surface area contributed by atoms with Crippen molar-refractivity contribution in [3.05, 3.63) is 29.8 Å². The molecule has 0 bridgehead atoms. The first-order valence-corrected chi connectivity index (χ1v) is 5.90. The van der Waals surface area contributed by atoms with Crippen LogP contribution in [0.25, 0.3) is 0 Å². The second-order valence-electron chi connectivity index (χ2n) is 4.31. The van der Waals surface area contributed by atoms with Crippen molar-refractivity contribution in [2.24, 2.45) is 0 Å². The number of rotatable bonds is 4. The van der Waals surface area contributed by atoms with E-state index >= 15 is 0 Å². The van der Waals surface area contributed by atoms with Crippen molar-refractivity contribution in [1.29, 1.82) is 0 Å². The van der Waals surface area contributed by atoms with Crippen molar-refractivity contribution < 1.29 is 19.4 Å². The van der Waals surface area contributed by atoms with E-state index < -0.39 is 12.1 Å². The van der Waals surface area contributed by atoms with E-state index in [2.05, 4.69) is 5.32 Å². The van der Waals surface area contributed by atoms with Crippen molar-refractivity contribution >= 4 is 5.97 Å². The fraction of sp³-hybridized carbons (Fsp3) is 0.462. The van der Waals surface area contributed by atoms with Gasteiger partial charge in [-0.1, -0.05) is 12.1 Å². The van der Waals surface area contributed by atoms with Gasteiger partial charge in [-0.25, -0.2) is 0 Å². The Morgan fingerprint density at radius 2 is 2.39 bits per heavy atom. The van der Waals surface area contributed by atoms with Crippen LogP contribution in [0.5, 0.6) is 5.75 Å². The number of esters is 1. The maximum absolute atomic E-state index is 11.7. The first-order chi connectivity index (χ1) is 8.69. The fourth-order valence-corrected chi connectivity index (χ4v) is 1.91. The molecule has 1 unspecified atom stereocenters. The van der Waals surface area contributed by atoms with Crippen molar-refractivity contribution in [3.8, 4) is 5.75 Å². The molecule has 1 aromatic rings. The first-order valence-electron chi connectivity index (χ1n) is 5.90. The predicted molar refractivity (Wildman–Crippen MR) is 65.2 cm³/mol. The minimum atomic E-state index is -0.459. The van der Waals surface area contributed by atoms with E-state index in [1.807, 2.05) is 24.3 Å². The molecule has 0 aromatic heterocycles. The lowest BCUT2D eigenvalue weighted by Crippen LogP contribution is -2.32. The lowest BCUT2D eigenvalue weighted by Gasteiger charge is -2.10. The normalized spacial score (nSPS) is 22.8. The molecule has 1 saturated heterocycles. The Morgan fingerprint density at radius 3 is 3.06 bits per heavy atom. The van der Waals surface area contributed by atoms with Crippen LogP contribution in [0.2, 0.25) is 0 Å². The summed E-state index contributed by atoms with van der Waals surface area (Å²) in [6.07, 6.45) is -0.0453. The highest BCUT2D eigenvalue weighted by Crippen LogP contribution is 2.14. The third kappa shape index (κ3) is 3.21. The number of nitrogens with one attached hydrogen (secondary N) is 1. The number of β-amino-alcohol motifs (C(OH)–C–C–N with tert-alkyl or cyclic N) is 1. The van der Waals surface area contributed by atoms with Crippen LogP contribution in [0.4, 0.5) is 0 Å². The molecule has 1 aliphatic heterocycles. The summed E-state index contributed by atoms with van der Waals surface area (Å²) in [5, 5.41) is 12.2. The Morgan fingerprint density at radius 1 is 1.56 bits per heavy atom. The number of benzene rings is 1. The first kappa shape index (κ1) is 12.9. The molecule has 1 heterocycles. The number of carbonyl (C=O) groups excluding carboxylic acids is 1. The highest BCUT2D eigenvalue weighted by molar-refractivity contribution is 5.76. The summed E-state index contributed by atoms with van der Waals surface area (Å²) in [4.78, 5) is 11.7. The number of ether oxygens (including phenoxy) is 2. The van der Waals surface area contributed by atoms with E-state index in [-0.39, 0.29) is 12.6 Å². The van der Waals surface area contributed by atoms with Gasteiger partial charge in [0.25, 0.3) is 0 Å². The highest BCUT2D eigenvalue weighted by atomic mass is 16.5. The molecule has 0 amide bonds. The van der Waals surface area contributed by atoms with Gasteiger partial charge in [0.2, 0.25) is 0 Å². The zero-order chi connectivity index (χ0) is 13.0. The van der Waals surface area contributed by atoms with Crippen molar-refractivity contribution in [2.45, 2.75) is 25.2 Å². The average molecular weight is 251 g/mol. The molecule has 0 aliphatic carbocycles. The van der Waals surface area contributed by atoms with E-state index in [1.54, 1.807) is 7.11 Å². The number of hydrogen-bond acceptors (Lipinski definition) is 5. The number of aliphatic hydroxyl groups excluding tert-OH is 1. The van der Waals surface area contributed by atoms with Crippen molar-refractivity contribution in [1.82, 2.24) is 5.32 Å². The molecule has 18 heavy (non-hydrogen) atoms. The summed E-state index contributed by atoms with van der Waals surface area (Å²) in [6, 6.07) is 6.97. The SMILES string of the molecule is COc1cccc(COC(=O)[C@@H]2CC(O)CN2)c1. The molecule has 5 nitrogen and oxygen atoms in total. The largest absolute Gasteiger partial charge is 0.497 e. The van der Waals surface area contributed by atoms with Crippen LogP contribution in [0, 0.1) is 0 Å². The van der Waals surface area contributed by atoms with E-state index in [9.17, 15) is 9.90 Å². The molecule has 1 fully saturated rings. The molecule has 2 rings (SSSR count). The van der Waals surface area contributed by atoms with Gasteiger partial charge in [-0.05, 0) is 17.7 Å². The Hall–Kier alpha value is -1.59. The van der Waals surface area contributed by atoms with Crippen LogP contribution in [-0.2, 0) is 16.1 Å². The molecular weight excluding hydrogens is 234 g/mol. The fourth-order valence-electron chi connectivity index (χ4n) is 1.91. The van der Waals surface area contributed by atoms with Crippen LogP contribution in [0.15, 0.2) is 24.3 Å². The van der Waals surface area contributed by atoms with E-state index in [0.29, 0.717) is 13.0 Å². The molecule has 2 N–H and O–H groups in total. The zero-order valence-corrected chi connectivity index (χ0v) is 10.3. The quantitative estimate of drug-likeness (QED) is 0.761. The Bertz CT molecular complexity index is 421. The predicted octanol–water partition coefficient (Wildman–Crippen LogP) is 0.461. The maximum Gasteiger partial charge on any atom is 0.323 e. The number of carbonyl (C=O) groups is 1. The Kier molecular flexibility index (Phi) is 4.17. The van der Waals surface area contributed by atoms with Crippen molar-refractivity contribution in [3.63, 3.8) is 0 Å². The maximum atomic E-state index is 11.7. The smallest absolute Gasteiger partial charge is 0.323 e. The summed E-state index contributed by atoms with van der Waals surface area (Å²) in [5.74, 6) is 0.410. The number of hydrogen-bond donors (Lipinski definition) is 2. The van der Waals surface area contributed by atoms with Gasteiger partial charge in [0.05, 0.1) is 13.2 Å². The molecule has 0 saturated carbocycles. The number of methoxy groups -OCH3 is 1. The molecule has 1 aliphatic rings. The Labute approximate surface area is 106 Å². The molecule has 2 atom stereocenters. The molecular formula is C13H17NO4. The lowest BCUT2D eigenvalue weighted by molar-refractivity contribution is -0.147. The number of aliphatic hydroxyl groups is 1. The zero-order valence-electron chi connectivity index (χ0n) is 10.3. The Balaban J connectivity index is 1.85. The monoisotopic (exact) mass is 251 g/mol. The second-order valence-corrected chi connectivity index (χ2v) is 4.31. The molecule has 0 spiro atoms. The summed E-state index contributed by atoms with van der Waals surface area (Å²) < 4.78 is 10.3. The summed E-state index contributed by atoms with van der Waals surface area (Å²) >= 11 is 0. The van der Waals surface area contributed by atoms with Crippen LogP contribution in [0.3, 0.4) is 0 Å². The van der Waals surface area contributed by atoms with Crippen LogP contribution in [-0.4, -0.2) is 36.9 Å².